The van der Waals surface area contributed by atoms with E-state index in [9.17, 15) is 9.59 Å². The lowest BCUT2D eigenvalue weighted by Gasteiger charge is -2.03. The van der Waals surface area contributed by atoms with Gasteiger partial charge in [-0.3, -0.25) is 4.79 Å². The zero-order chi connectivity index (χ0) is 13.0. The van der Waals surface area contributed by atoms with Crippen LogP contribution in [0, 0.1) is 0 Å². The molecule has 0 N–H and O–H groups in total. The van der Waals surface area contributed by atoms with E-state index >= 15 is 0 Å². The van der Waals surface area contributed by atoms with Gasteiger partial charge in [-0.25, -0.2) is 4.79 Å². The highest BCUT2D eigenvalue weighted by Crippen LogP contribution is 2.18. The maximum absolute atomic E-state index is 11.6. The largest absolute Gasteiger partial charge is 0.497 e. The van der Waals surface area contributed by atoms with E-state index in [0.29, 0.717) is 17.8 Å². The molecule has 0 saturated heterocycles. The summed E-state index contributed by atoms with van der Waals surface area (Å²) in [6.07, 6.45) is 0.518. The lowest BCUT2D eigenvalue weighted by atomic mass is 10.3. The van der Waals surface area contributed by atoms with E-state index in [0.717, 1.165) is 0 Å². The first-order chi connectivity index (χ1) is 8.72. The molecule has 0 aliphatic rings. The van der Waals surface area contributed by atoms with Crippen molar-refractivity contribution in [3.8, 4) is 11.5 Å². The van der Waals surface area contributed by atoms with E-state index in [4.69, 9.17) is 13.9 Å². The summed E-state index contributed by atoms with van der Waals surface area (Å²) in [7, 11) is 1.55. The smallest absolute Gasteiger partial charge is 0.379 e. The molecule has 1 aromatic heterocycles. The van der Waals surface area contributed by atoms with E-state index in [1.807, 2.05) is 0 Å². The summed E-state index contributed by atoms with van der Waals surface area (Å²) < 4.78 is 15.0. The number of carbonyl (C=O) groups excluding carboxylic acids is 2. The molecule has 5 nitrogen and oxygen atoms in total. The zero-order valence-corrected chi connectivity index (χ0v) is 9.58. The molecule has 0 aliphatic heterocycles. The Morgan fingerprint density at radius 1 is 1.11 bits per heavy atom. The van der Waals surface area contributed by atoms with E-state index < -0.39 is 5.97 Å². The predicted octanol–water partition coefficient (Wildman–Crippen LogP) is 2.32. The molecule has 2 rings (SSSR count). The van der Waals surface area contributed by atoms with Crippen LogP contribution >= 0.6 is 0 Å². The molecule has 0 radical (unpaired) electrons. The summed E-state index contributed by atoms with van der Waals surface area (Å²) >= 11 is 0. The number of methoxy groups -OCH3 is 1. The second kappa shape index (κ2) is 5.18. The van der Waals surface area contributed by atoms with Gasteiger partial charge in [0, 0.05) is 0 Å². The van der Waals surface area contributed by atoms with Crippen molar-refractivity contribution in [2.75, 3.05) is 7.11 Å². The Bertz CT molecular complexity index is 553. The fraction of sp³-hybridized carbons (Fsp3) is 0.0769. The van der Waals surface area contributed by atoms with Crippen molar-refractivity contribution >= 4 is 12.3 Å². The lowest BCUT2D eigenvalue weighted by molar-refractivity contribution is 0.0700. The van der Waals surface area contributed by atoms with Crippen LogP contribution in [0.3, 0.4) is 0 Å². The van der Waals surface area contributed by atoms with Gasteiger partial charge in [0.15, 0.2) is 12.0 Å². The molecule has 2 aromatic rings. The average molecular weight is 246 g/mol. The Balaban J connectivity index is 2.08. The fourth-order valence-electron chi connectivity index (χ4n) is 1.33. The minimum absolute atomic E-state index is 0.0204. The van der Waals surface area contributed by atoms with E-state index in [1.54, 1.807) is 31.4 Å². The van der Waals surface area contributed by atoms with Crippen LogP contribution in [0.4, 0.5) is 0 Å². The molecular weight excluding hydrogens is 236 g/mol. The Labute approximate surface area is 103 Å². The van der Waals surface area contributed by atoms with Crippen molar-refractivity contribution < 1.29 is 23.5 Å². The van der Waals surface area contributed by atoms with Crippen LogP contribution in [-0.4, -0.2) is 19.4 Å². The Morgan fingerprint density at radius 2 is 1.78 bits per heavy atom. The van der Waals surface area contributed by atoms with Gasteiger partial charge in [0.25, 0.3) is 0 Å². The minimum atomic E-state index is -0.659. The number of furan rings is 1. The van der Waals surface area contributed by atoms with Gasteiger partial charge in [0.2, 0.25) is 5.76 Å². The molecule has 18 heavy (non-hydrogen) atoms. The molecule has 92 valence electrons. The average Bonchev–Trinajstić information content (AvgIpc) is 2.88. The number of aldehydes is 1. The Hall–Kier alpha value is -2.56. The highest BCUT2D eigenvalue weighted by Gasteiger charge is 2.13. The first kappa shape index (κ1) is 11.9. The maximum atomic E-state index is 11.6. The fourth-order valence-corrected chi connectivity index (χ4v) is 1.33. The number of carbonyl (C=O) groups is 2. The molecule has 0 spiro atoms. The van der Waals surface area contributed by atoms with Crippen molar-refractivity contribution in [2.45, 2.75) is 0 Å². The van der Waals surface area contributed by atoms with Crippen molar-refractivity contribution in [3.05, 3.63) is 47.9 Å². The van der Waals surface area contributed by atoms with Crippen LogP contribution in [0.15, 0.2) is 40.8 Å². The van der Waals surface area contributed by atoms with Crippen LogP contribution < -0.4 is 9.47 Å². The molecule has 1 heterocycles. The van der Waals surface area contributed by atoms with Gasteiger partial charge in [0.05, 0.1) is 7.11 Å². The SMILES string of the molecule is COc1ccc(OC(=O)c2ccc(C=O)o2)cc1. The highest BCUT2D eigenvalue weighted by atomic mass is 16.5. The monoisotopic (exact) mass is 246 g/mol. The van der Waals surface area contributed by atoms with Gasteiger partial charge in [-0.05, 0) is 36.4 Å². The number of hydrogen-bond donors (Lipinski definition) is 0. The van der Waals surface area contributed by atoms with Crippen LogP contribution in [0.25, 0.3) is 0 Å². The summed E-state index contributed by atoms with van der Waals surface area (Å²) in [4.78, 5) is 22.0. The van der Waals surface area contributed by atoms with Gasteiger partial charge < -0.3 is 13.9 Å². The third-order valence-electron chi connectivity index (χ3n) is 2.21. The molecule has 1 aromatic carbocycles. The first-order valence-electron chi connectivity index (χ1n) is 5.14. The summed E-state index contributed by atoms with van der Waals surface area (Å²) in [6, 6.07) is 9.32. The molecule has 0 fully saturated rings. The summed E-state index contributed by atoms with van der Waals surface area (Å²) in [5.41, 5.74) is 0. The molecule has 0 aliphatic carbocycles. The zero-order valence-electron chi connectivity index (χ0n) is 9.58. The van der Waals surface area contributed by atoms with Crippen molar-refractivity contribution in [2.24, 2.45) is 0 Å². The van der Waals surface area contributed by atoms with E-state index in [-0.39, 0.29) is 11.5 Å². The van der Waals surface area contributed by atoms with Crippen molar-refractivity contribution in [1.82, 2.24) is 0 Å². The summed E-state index contributed by atoms with van der Waals surface area (Å²) in [5, 5.41) is 0. The van der Waals surface area contributed by atoms with Gasteiger partial charge in [-0.1, -0.05) is 0 Å². The molecular formula is C13H10O5. The van der Waals surface area contributed by atoms with Gasteiger partial charge in [-0.15, -0.1) is 0 Å². The molecule has 0 atom stereocenters. The molecule has 0 saturated carbocycles. The third-order valence-corrected chi connectivity index (χ3v) is 2.21. The number of rotatable bonds is 4. The third kappa shape index (κ3) is 2.57. The molecule has 0 amide bonds. The van der Waals surface area contributed by atoms with Crippen LogP contribution in [-0.2, 0) is 0 Å². The van der Waals surface area contributed by atoms with Crippen molar-refractivity contribution in [3.63, 3.8) is 0 Å². The van der Waals surface area contributed by atoms with Gasteiger partial charge in [0.1, 0.15) is 11.5 Å². The standard InChI is InChI=1S/C13H10O5/c1-16-9-2-4-10(5-3-9)18-13(15)12-7-6-11(8-14)17-12/h2-8H,1H3. The lowest BCUT2D eigenvalue weighted by Crippen LogP contribution is -2.07. The van der Waals surface area contributed by atoms with Crippen LogP contribution in [0.2, 0.25) is 0 Å². The quantitative estimate of drug-likeness (QED) is 0.470. The summed E-state index contributed by atoms with van der Waals surface area (Å²) in [5.74, 6) is 0.429. The number of benzene rings is 1. The molecule has 0 bridgehead atoms. The van der Waals surface area contributed by atoms with Crippen molar-refractivity contribution in [1.29, 1.82) is 0 Å². The minimum Gasteiger partial charge on any atom is -0.497 e. The van der Waals surface area contributed by atoms with E-state index in [1.165, 1.54) is 12.1 Å². The van der Waals surface area contributed by atoms with E-state index in [2.05, 4.69) is 0 Å². The van der Waals surface area contributed by atoms with Crippen LogP contribution in [0.1, 0.15) is 21.1 Å². The normalized spacial score (nSPS) is 9.83. The maximum Gasteiger partial charge on any atom is 0.379 e. The Kier molecular flexibility index (Phi) is 3.43. The number of ether oxygens (including phenoxy) is 2. The summed E-state index contributed by atoms with van der Waals surface area (Å²) in [6.45, 7) is 0. The second-order valence-corrected chi connectivity index (χ2v) is 3.38. The Morgan fingerprint density at radius 3 is 2.33 bits per heavy atom. The molecule has 5 heteroatoms. The van der Waals surface area contributed by atoms with Gasteiger partial charge in [-0.2, -0.15) is 0 Å². The second-order valence-electron chi connectivity index (χ2n) is 3.38. The molecule has 0 unspecified atom stereocenters. The number of hydrogen-bond acceptors (Lipinski definition) is 5. The van der Waals surface area contributed by atoms with Crippen LogP contribution in [0.5, 0.6) is 11.5 Å². The van der Waals surface area contributed by atoms with Gasteiger partial charge >= 0.3 is 5.97 Å². The highest BCUT2D eigenvalue weighted by molar-refractivity contribution is 5.89. The topological polar surface area (TPSA) is 65.7 Å². The predicted molar refractivity (Wildman–Crippen MR) is 62.0 cm³/mol. The number of esters is 1. The first-order valence-corrected chi connectivity index (χ1v) is 5.14.